The zero-order chi connectivity index (χ0) is 14.4. The molecule has 3 nitrogen and oxygen atoms in total. The van der Waals surface area contributed by atoms with Gasteiger partial charge in [0.2, 0.25) is 5.91 Å². The fourth-order valence-electron chi connectivity index (χ4n) is 1.94. The summed E-state index contributed by atoms with van der Waals surface area (Å²) in [6.07, 6.45) is 1.58. The number of amides is 1. The summed E-state index contributed by atoms with van der Waals surface area (Å²) in [6.45, 7) is 4.05. The molecule has 1 aromatic rings. The van der Waals surface area contributed by atoms with Crippen molar-refractivity contribution < 1.29 is 9.53 Å². The van der Waals surface area contributed by atoms with Crippen molar-refractivity contribution >= 4 is 21.8 Å². The summed E-state index contributed by atoms with van der Waals surface area (Å²) >= 11 is 3.41. The Labute approximate surface area is 124 Å². The Morgan fingerprint density at radius 2 is 2.05 bits per heavy atom. The van der Waals surface area contributed by atoms with Gasteiger partial charge in [0.25, 0.3) is 0 Å². The lowest BCUT2D eigenvalue weighted by Gasteiger charge is -2.27. The standard InChI is InChI=1S/C15H22BrNO2/c1-5-13(16)15(18)17(3)11(2)10-12-8-6-7-9-14(12)19-4/h6-9,11,13H,5,10H2,1-4H3. The molecule has 0 radical (unpaired) electrons. The molecule has 1 amide bonds. The van der Waals surface area contributed by atoms with Gasteiger partial charge < -0.3 is 9.64 Å². The van der Waals surface area contributed by atoms with Crippen molar-refractivity contribution in [2.75, 3.05) is 14.2 Å². The number of halogens is 1. The number of hydrogen-bond donors (Lipinski definition) is 0. The second-order valence-corrected chi connectivity index (χ2v) is 5.80. The average molecular weight is 328 g/mol. The van der Waals surface area contributed by atoms with Crippen LogP contribution in [0, 0.1) is 0 Å². The van der Waals surface area contributed by atoms with Crippen molar-refractivity contribution in [2.24, 2.45) is 0 Å². The third-order valence-electron chi connectivity index (χ3n) is 3.34. The van der Waals surface area contributed by atoms with Crippen LogP contribution in [0.15, 0.2) is 24.3 Å². The van der Waals surface area contributed by atoms with E-state index >= 15 is 0 Å². The highest BCUT2D eigenvalue weighted by molar-refractivity contribution is 9.10. The van der Waals surface area contributed by atoms with Gasteiger partial charge in [-0.3, -0.25) is 4.79 Å². The van der Waals surface area contributed by atoms with E-state index in [9.17, 15) is 4.79 Å². The first kappa shape index (κ1) is 16.0. The molecule has 0 heterocycles. The maximum absolute atomic E-state index is 12.1. The fraction of sp³-hybridized carbons (Fsp3) is 0.533. The lowest BCUT2D eigenvalue weighted by atomic mass is 10.0. The van der Waals surface area contributed by atoms with E-state index < -0.39 is 0 Å². The highest BCUT2D eigenvalue weighted by atomic mass is 79.9. The third-order valence-corrected chi connectivity index (χ3v) is 4.38. The monoisotopic (exact) mass is 327 g/mol. The maximum atomic E-state index is 12.1. The van der Waals surface area contributed by atoms with Crippen LogP contribution in [0.1, 0.15) is 25.8 Å². The van der Waals surface area contributed by atoms with Crippen LogP contribution in [0.2, 0.25) is 0 Å². The van der Waals surface area contributed by atoms with Crippen LogP contribution in [0.3, 0.4) is 0 Å². The van der Waals surface area contributed by atoms with Crippen LogP contribution in [-0.2, 0) is 11.2 Å². The SMILES string of the molecule is CCC(Br)C(=O)N(C)C(C)Cc1ccccc1OC. The topological polar surface area (TPSA) is 29.5 Å². The molecule has 0 aliphatic rings. The summed E-state index contributed by atoms with van der Waals surface area (Å²) < 4.78 is 5.34. The fourth-order valence-corrected chi connectivity index (χ4v) is 2.26. The Morgan fingerprint density at radius 3 is 2.63 bits per heavy atom. The number of benzene rings is 1. The van der Waals surface area contributed by atoms with E-state index in [1.54, 1.807) is 12.0 Å². The summed E-state index contributed by atoms with van der Waals surface area (Å²) in [5.41, 5.74) is 1.12. The first-order valence-corrected chi connectivity index (χ1v) is 7.45. The molecule has 2 atom stereocenters. The Hall–Kier alpha value is -1.03. The molecule has 1 rings (SSSR count). The van der Waals surface area contributed by atoms with Crippen LogP contribution < -0.4 is 4.74 Å². The Balaban J connectivity index is 2.73. The smallest absolute Gasteiger partial charge is 0.236 e. The lowest BCUT2D eigenvalue weighted by Crippen LogP contribution is -2.40. The molecule has 2 unspecified atom stereocenters. The van der Waals surface area contributed by atoms with E-state index in [1.165, 1.54) is 0 Å². The van der Waals surface area contributed by atoms with Crippen molar-refractivity contribution in [3.8, 4) is 5.75 Å². The summed E-state index contributed by atoms with van der Waals surface area (Å²) in [7, 11) is 3.52. The number of para-hydroxylation sites is 1. The van der Waals surface area contributed by atoms with Gasteiger partial charge >= 0.3 is 0 Å². The number of alkyl halides is 1. The number of rotatable bonds is 6. The van der Waals surface area contributed by atoms with Gasteiger partial charge in [0.15, 0.2) is 0 Å². The molecule has 0 saturated heterocycles. The molecule has 4 heteroatoms. The number of carbonyl (C=O) groups excluding carboxylic acids is 1. The number of ether oxygens (including phenoxy) is 1. The number of methoxy groups -OCH3 is 1. The van der Waals surface area contributed by atoms with Crippen molar-refractivity contribution in [1.82, 2.24) is 4.90 Å². The molecular weight excluding hydrogens is 306 g/mol. The number of carbonyl (C=O) groups is 1. The predicted molar refractivity (Wildman–Crippen MR) is 81.9 cm³/mol. The summed E-state index contributed by atoms with van der Waals surface area (Å²) in [5.74, 6) is 1.01. The van der Waals surface area contributed by atoms with Gasteiger partial charge in [0.05, 0.1) is 11.9 Å². The highest BCUT2D eigenvalue weighted by Gasteiger charge is 2.22. The zero-order valence-corrected chi connectivity index (χ0v) is 13.6. The summed E-state index contributed by atoms with van der Waals surface area (Å²) in [5, 5.41) is 0. The van der Waals surface area contributed by atoms with Gasteiger partial charge in [-0.25, -0.2) is 0 Å². The van der Waals surface area contributed by atoms with E-state index in [4.69, 9.17) is 4.74 Å². The number of likely N-dealkylation sites (N-methyl/N-ethyl adjacent to an activating group) is 1. The van der Waals surface area contributed by atoms with E-state index in [-0.39, 0.29) is 16.8 Å². The minimum Gasteiger partial charge on any atom is -0.496 e. The van der Waals surface area contributed by atoms with E-state index in [2.05, 4.69) is 22.9 Å². The molecule has 0 aliphatic carbocycles. The molecular formula is C15H22BrNO2. The minimum absolute atomic E-state index is 0.0994. The maximum Gasteiger partial charge on any atom is 0.236 e. The molecule has 0 aliphatic heterocycles. The molecule has 0 spiro atoms. The van der Waals surface area contributed by atoms with E-state index in [1.807, 2.05) is 38.2 Å². The zero-order valence-electron chi connectivity index (χ0n) is 12.0. The minimum atomic E-state index is -0.0994. The van der Waals surface area contributed by atoms with Crippen LogP contribution >= 0.6 is 15.9 Å². The van der Waals surface area contributed by atoms with Crippen molar-refractivity contribution in [1.29, 1.82) is 0 Å². The van der Waals surface area contributed by atoms with Crippen LogP contribution in [0.4, 0.5) is 0 Å². The normalized spacial score (nSPS) is 13.7. The van der Waals surface area contributed by atoms with Crippen molar-refractivity contribution in [3.63, 3.8) is 0 Å². The van der Waals surface area contributed by atoms with Crippen LogP contribution in [0.5, 0.6) is 5.75 Å². The average Bonchev–Trinajstić information content (AvgIpc) is 2.45. The number of hydrogen-bond acceptors (Lipinski definition) is 2. The predicted octanol–water partition coefficient (Wildman–Crippen LogP) is 3.26. The molecule has 106 valence electrons. The second-order valence-electron chi connectivity index (χ2n) is 4.69. The highest BCUT2D eigenvalue weighted by Crippen LogP contribution is 2.21. The van der Waals surface area contributed by atoms with Crippen LogP contribution in [-0.4, -0.2) is 35.8 Å². The molecule has 0 saturated carbocycles. The van der Waals surface area contributed by atoms with Gasteiger partial charge in [-0.2, -0.15) is 0 Å². The molecule has 0 N–H and O–H groups in total. The van der Waals surface area contributed by atoms with Gasteiger partial charge in [0, 0.05) is 13.1 Å². The first-order chi connectivity index (χ1) is 9.01. The van der Waals surface area contributed by atoms with Crippen LogP contribution in [0.25, 0.3) is 0 Å². The largest absolute Gasteiger partial charge is 0.496 e. The quantitative estimate of drug-likeness (QED) is 0.750. The second kappa shape index (κ2) is 7.53. The Morgan fingerprint density at radius 1 is 1.42 bits per heavy atom. The van der Waals surface area contributed by atoms with E-state index in [0.29, 0.717) is 0 Å². The summed E-state index contributed by atoms with van der Waals surface area (Å²) in [6, 6.07) is 8.07. The Kier molecular flexibility index (Phi) is 6.35. The molecule has 1 aromatic carbocycles. The third kappa shape index (κ3) is 4.23. The van der Waals surface area contributed by atoms with Crippen molar-refractivity contribution in [3.05, 3.63) is 29.8 Å². The first-order valence-electron chi connectivity index (χ1n) is 6.53. The van der Waals surface area contributed by atoms with E-state index in [0.717, 1.165) is 24.2 Å². The molecule has 0 aromatic heterocycles. The van der Waals surface area contributed by atoms with Gasteiger partial charge in [-0.15, -0.1) is 0 Å². The van der Waals surface area contributed by atoms with Crippen molar-refractivity contribution in [2.45, 2.75) is 37.6 Å². The summed E-state index contributed by atoms with van der Waals surface area (Å²) in [4.78, 5) is 13.8. The lowest BCUT2D eigenvalue weighted by molar-refractivity contribution is -0.130. The molecule has 0 bridgehead atoms. The molecule has 0 fully saturated rings. The Bertz CT molecular complexity index is 422. The van der Waals surface area contributed by atoms with Gasteiger partial charge in [-0.1, -0.05) is 41.1 Å². The van der Waals surface area contributed by atoms with Gasteiger partial charge in [0.1, 0.15) is 5.75 Å². The van der Waals surface area contributed by atoms with Gasteiger partial charge in [-0.05, 0) is 31.4 Å². The number of nitrogens with zero attached hydrogens (tertiary/aromatic N) is 1. The molecule has 19 heavy (non-hydrogen) atoms.